The van der Waals surface area contributed by atoms with Gasteiger partial charge in [-0.2, -0.15) is 5.10 Å². The molecule has 2 rings (SSSR count). The molecule has 0 aliphatic rings. The van der Waals surface area contributed by atoms with E-state index in [1.54, 1.807) is 10.9 Å². The van der Waals surface area contributed by atoms with Crippen LogP contribution in [-0.4, -0.2) is 15.7 Å². The summed E-state index contributed by atoms with van der Waals surface area (Å²) in [6.07, 6.45) is 4.79. The summed E-state index contributed by atoms with van der Waals surface area (Å²) in [4.78, 5) is 11.7. The van der Waals surface area contributed by atoms with E-state index < -0.39 is 0 Å². The Morgan fingerprint density at radius 1 is 1.37 bits per heavy atom. The highest BCUT2D eigenvalue weighted by molar-refractivity contribution is 9.10. The van der Waals surface area contributed by atoms with Crippen LogP contribution in [0, 0.1) is 0 Å². The van der Waals surface area contributed by atoms with Crippen molar-refractivity contribution in [2.24, 2.45) is 7.05 Å². The molecular weight excluding hydrogens is 308 g/mol. The van der Waals surface area contributed by atoms with E-state index in [-0.39, 0.29) is 5.91 Å². The van der Waals surface area contributed by atoms with E-state index in [4.69, 9.17) is 0 Å². The Hall–Kier alpha value is -1.82. The Morgan fingerprint density at radius 3 is 2.74 bits per heavy atom. The number of amides is 1. The molecule has 0 saturated heterocycles. The first-order valence-corrected chi connectivity index (χ1v) is 6.71. The van der Waals surface area contributed by atoms with Crippen LogP contribution in [0.1, 0.15) is 12.0 Å². The number of hydrogen-bond donors (Lipinski definition) is 2. The minimum atomic E-state index is -0.0493. The van der Waals surface area contributed by atoms with Crippen LogP contribution >= 0.6 is 15.9 Å². The van der Waals surface area contributed by atoms with Gasteiger partial charge in [0.05, 0.1) is 11.9 Å². The summed E-state index contributed by atoms with van der Waals surface area (Å²) in [6, 6.07) is 7.57. The van der Waals surface area contributed by atoms with Gasteiger partial charge < -0.3 is 0 Å². The van der Waals surface area contributed by atoms with Crippen LogP contribution in [0.25, 0.3) is 0 Å². The number of aromatic nitrogens is 2. The lowest BCUT2D eigenvalue weighted by atomic mass is 10.2. The predicted molar refractivity (Wildman–Crippen MR) is 77.4 cm³/mol. The van der Waals surface area contributed by atoms with Gasteiger partial charge in [-0.25, -0.2) is 0 Å². The number of nitrogens with one attached hydrogen (secondary N) is 2. The Balaban J connectivity index is 1.74. The third-order valence-electron chi connectivity index (χ3n) is 2.59. The molecule has 0 spiro atoms. The first kappa shape index (κ1) is 13.6. The van der Waals surface area contributed by atoms with Gasteiger partial charge in [0.2, 0.25) is 5.91 Å². The lowest BCUT2D eigenvalue weighted by Gasteiger charge is -2.08. The molecule has 0 bridgehead atoms. The number of hydrogen-bond acceptors (Lipinski definition) is 3. The van der Waals surface area contributed by atoms with Crippen LogP contribution in [-0.2, 0) is 18.3 Å². The maximum atomic E-state index is 11.7. The quantitative estimate of drug-likeness (QED) is 0.830. The second-order valence-electron chi connectivity index (χ2n) is 4.20. The topological polar surface area (TPSA) is 59.0 Å². The molecule has 5 nitrogen and oxygen atoms in total. The fourth-order valence-electron chi connectivity index (χ4n) is 1.60. The number of benzene rings is 1. The van der Waals surface area contributed by atoms with Gasteiger partial charge >= 0.3 is 0 Å². The fraction of sp³-hybridized carbons (Fsp3) is 0.231. The minimum absolute atomic E-state index is 0.0493. The van der Waals surface area contributed by atoms with Crippen molar-refractivity contribution in [2.45, 2.75) is 12.8 Å². The van der Waals surface area contributed by atoms with Crippen LogP contribution in [0.15, 0.2) is 41.1 Å². The van der Waals surface area contributed by atoms with Gasteiger partial charge in [-0.3, -0.25) is 20.3 Å². The molecule has 0 unspecified atom stereocenters. The molecule has 6 heteroatoms. The normalized spacial score (nSPS) is 10.2. The largest absolute Gasteiger partial charge is 0.299 e. The molecule has 1 amide bonds. The summed E-state index contributed by atoms with van der Waals surface area (Å²) in [5.41, 5.74) is 7.44. The van der Waals surface area contributed by atoms with Gasteiger partial charge in [0.1, 0.15) is 0 Å². The number of nitrogens with zero attached hydrogens (tertiary/aromatic N) is 2. The van der Waals surface area contributed by atoms with Gasteiger partial charge in [-0.15, -0.1) is 0 Å². The van der Waals surface area contributed by atoms with Crippen LogP contribution in [0.2, 0.25) is 0 Å². The van der Waals surface area contributed by atoms with Crippen molar-refractivity contribution in [1.29, 1.82) is 0 Å². The lowest BCUT2D eigenvalue weighted by Crippen LogP contribution is -2.29. The Bertz CT molecular complexity index is 550. The van der Waals surface area contributed by atoms with Crippen molar-refractivity contribution < 1.29 is 4.79 Å². The van der Waals surface area contributed by atoms with Crippen molar-refractivity contribution >= 4 is 27.5 Å². The molecular formula is C13H15BrN4O. The van der Waals surface area contributed by atoms with Gasteiger partial charge in [-0.1, -0.05) is 15.9 Å². The predicted octanol–water partition coefficient (Wildman–Crippen LogP) is 2.26. The molecule has 1 aromatic heterocycles. The zero-order valence-electron chi connectivity index (χ0n) is 10.6. The first-order valence-electron chi connectivity index (χ1n) is 5.91. The molecule has 2 N–H and O–H groups in total. The minimum Gasteiger partial charge on any atom is -0.299 e. The van der Waals surface area contributed by atoms with E-state index in [1.807, 2.05) is 37.5 Å². The van der Waals surface area contributed by atoms with E-state index in [1.165, 1.54) is 0 Å². The summed E-state index contributed by atoms with van der Waals surface area (Å²) >= 11 is 3.36. The number of aryl methyl sites for hydroxylation is 2. The van der Waals surface area contributed by atoms with Crippen LogP contribution < -0.4 is 10.9 Å². The van der Waals surface area contributed by atoms with Gasteiger partial charge in [-0.05, 0) is 36.2 Å². The van der Waals surface area contributed by atoms with Crippen molar-refractivity contribution in [1.82, 2.24) is 15.2 Å². The van der Waals surface area contributed by atoms with Crippen molar-refractivity contribution in [3.05, 3.63) is 46.7 Å². The summed E-state index contributed by atoms with van der Waals surface area (Å²) < 4.78 is 2.73. The molecule has 100 valence electrons. The number of carbonyl (C=O) groups is 1. The van der Waals surface area contributed by atoms with Gasteiger partial charge in [0.25, 0.3) is 0 Å². The number of anilines is 1. The van der Waals surface area contributed by atoms with Crippen molar-refractivity contribution in [3.63, 3.8) is 0 Å². The molecule has 1 heterocycles. The summed E-state index contributed by atoms with van der Waals surface area (Å²) in [5, 5.41) is 4.06. The van der Waals surface area contributed by atoms with E-state index in [0.29, 0.717) is 12.8 Å². The molecule has 19 heavy (non-hydrogen) atoms. The van der Waals surface area contributed by atoms with Crippen molar-refractivity contribution in [2.75, 3.05) is 5.43 Å². The Kier molecular flexibility index (Phi) is 4.57. The lowest BCUT2D eigenvalue weighted by molar-refractivity contribution is -0.120. The molecule has 0 atom stereocenters. The molecule has 2 aromatic rings. The van der Waals surface area contributed by atoms with E-state index in [2.05, 4.69) is 31.9 Å². The summed E-state index contributed by atoms with van der Waals surface area (Å²) in [5.74, 6) is -0.0493. The first-order chi connectivity index (χ1) is 9.13. The highest BCUT2D eigenvalue weighted by Crippen LogP contribution is 2.13. The average molecular weight is 323 g/mol. The zero-order valence-corrected chi connectivity index (χ0v) is 12.1. The SMILES string of the molecule is Cn1cc(CCC(=O)NNc2ccc(Br)cc2)cn1. The van der Waals surface area contributed by atoms with E-state index >= 15 is 0 Å². The van der Waals surface area contributed by atoms with Crippen molar-refractivity contribution in [3.8, 4) is 0 Å². The summed E-state index contributed by atoms with van der Waals surface area (Å²) in [6.45, 7) is 0. The van der Waals surface area contributed by atoms with Crippen LogP contribution in [0.3, 0.4) is 0 Å². The monoisotopic (exact) mass is 322 g/mol. The van der Waals surface area contributed by atoms with Crippen LogP contribution in [0.4, 0.5) is 5.69 Å². The molecule has 1 aromatic carbocycles. The second-order valence-corrected chi connectivity index (χ2v) is 5.12. The molecule has 0 radical (unpaired) electrons. The number of carbonyl (C=O) groups excluding carboxylic acids is 1. The number of rotatable bonds is 5. The second kappa shape index (κ2) is 6.38. The third-order valence-corrected chi connectivity index (χ3v) is 3.12. The number of halogens is 1. The van der Waals surface area contributed by atoms with Crippen LogP contribution in [0.5, 0.6) is 0 Å². The maximum Gasteiger partial charge on any atom is 0.238 e. The molecule has 0 fully saturated rings. The molecule has 0 aliphatic heterocycles. The summed E-state index contributed by atoms with van der Waals surface area (Å²) in [7, 11) is 1.86. The van der Waals surface area contributed by atoms with Gasteiger partial charge in [0.15, 0.2) is 0 Å². The highest BCUT2D eigenvalue weighted by atomic mass is 79.9. The Morgan fingerprint density at radius 2 is 2.11 bits per heavy atom. The zero-order chi connectivity index (χ0) is 13.7. The third kappa shape index (κ3) is 4.40. The highest BCUT2D eigenvalue weighted by Gasteiger charge is 2.03. The fourth-order valence-corrected chi connectivity index (χ4v) is 1.86. The molecule has 0 saturated carbocycles. The molecule has 0 aliphatic carbocycles. The smallest absolute Gasteiger partial charge is 0.238 e. The standard InChI is InChI=1S/C13H15BrN4O/c1-18-9-10(8-15-18)2-7-13(19)17-16-12-5-3-11(14)4-6-12/h3-6,8-9,16H,2,7H2,1H3,(H,17,19). The maximum absolute atomic E-state index is 11.7. The number of hydrazine groups is 1. The Labute approximate surface area is 120 Å². The van der Waals surface area contributed by atoms with E-state index in [0.717, 1.165) is 15.7 Å². The average Bonchev–Trinajstić information content (AvgIpc) is 2.81. The van der Waals surface area contributed by atoms with E-state index in [9.17, 15) is 4.79 Å². The van der Waals surface area contributed by atoms with Gasteiger partial charge in [0, 0.05) is 24.1 Å².